The summed E-state index contributed by atoms with van der Waals surface area (Å²) < 4.78 is 11.1. The normalized spacial score (nSPS) is 18.3. The number of likely N-dealkylation sites (tertiary alicyclic amines) is 1. The molecule has 1 atom stereocenters. The van der Waals surface area contributed by atoms with Crippen molar-refractivity contribution >= 4 is 17.7 Å². The number of nitrogens with zero attached hydrogens (tertiary/aromatic N) is 3. The van der Waals surface area contributed by atoms with E-state index >= 15 is 0 Å². The number of hydrogen-bond donors (Lipinski definition) is 0. The van der Waals surface area contributed by atoms with Gasteiger partial charge in [-0.1, -0.05) is 0 Å². The first kappa shape index (κ1) is 18.8. The number of piperidine rings is 1. The molecule has 0 radical (unpaired) electrons. The lowest BCUT2D eigenvalue weighted by molar-refractivity contribution is 0.00822. The van der Waals surface area contributed by atoms with Gasteiger partial charge in [-0.05, 0) is 64.5 Å². The summed E-state index contributed by atoms with van der Waals surface area (Å²) in [5.74, 6) is 0.475. The highest BCUT2D eigenvalue weighted by Crippen LogP contribution is 2.23. The van der Waals surface area contributed by atoms with Gasteiger partial charge in [0, 0.05) is 24.8 Å². The highest BCUT2D eigenvalue weighted by molar-refractivity contribution is 6.28. The third-order valence-electron chi connectivity index (χ3n) is 3.79. The zero-order valence-corrected chi connectivity index (χ0v) is 15.4. The number of carbonyl (C=O) groups excluding carboxylic acids is 1. The second-order valence-corrected chi connectivity index (χ2v) is 7.32. The average molecular weight is 356 g/mol. The van der Waals surface area contributed by atoms with Crippen molar-refractivity contribution in [2.24, 2.45) is 0 Å². The first-order chi connectivity index (χ1) is 11.3. The van der Waals surface area contributed by atoms with Crippen molar-refractivity contribution in [1.29, 1.82) is 0 Å². The van der Waals surface area contributed by atoms with Crippen LogP contribution < -0.4 is 4.74 Å². The van der Waals surface area contributed by atoms with Crippen molar-refractivity contribution in [3.8, 4) is 5.88 Å². The van der Waals surface area contributed by atoms with Crippen molar-refractivity contribution in [2.45, 2.75) is 64.5 Å². The molecular weight excluding hydrogens is 330 g/mol. The van der Waals surface area contributed by atoms with E-state index in [9.17, 15) is 4.79 Å². The van der Waals surface area contributed by atoms with Crippen LogP contribution in [0.5, 0.6) is 5.88 Å². The smallest absolute Gasteiger partial charge is 0.410 e. The monoisotopic (exact) mass is 355 g/mol. The Morgan fingerprint density at radius 2 is 2.21 bits per heavy atom. The Morgan fingerprint density at radius 3 is 2.92 bits per heavy atom. The second kappa shape index (κ2) is 8.51. The fraction of sp³-hybridized carbons (Fsp3) is 0.706. The maximum Gasteiger partial charge on any atom is 0.410 e. The molecule has 0 aromatic carbocycles. The van der Waals surface area contributed by atoms with E-state index in [2.05, 4.69) is 9.97 Å². The summed E-state index contributed by atoms with van der Waals surface area (Å²) in [7, 11) is 0. The third kappa shape index (κ3) is 6.15. The largest absolute Gasteiger partial charge is 0.478 e. The third-order valence-corrected chi connectivity index (χ3v) is 3.97. The SMILES string of the molecule is CC(C)(C)OC(=O)N1CCCCC1CCCOc1ccnc(Cl)n1. The lowest BCUT2D eigenvalue weighted by Gasteiger charge is -2.36. The first-order valence-corrected chi connectivity index (χ1v) is 8.84. The molecule has 0 saturated carbocycles. The molecule has 2 rings (SSSR count). The van der Waals surface area contributed by atoms with E-state index in [1.807, 2.05) is 25.7 Å². The summed E-state index contributed by atoms with van der Waals surface area (Å²) in [6, 6.07) is 1.89. The molecule has 1 saturated heterocycles. The number of carbonyl (C=O) groups is 1. The molecular formula is C17H26ClN3O3. The van der Waals surface area contributed by atoms with Gasteiger partial charge in [0.2, 0.25) is 11.2 Å². The van der Waals surface area contributed by atoms with Gasteiger partial charge in [0.05, 0.1) is 6.61 Å². The van der Waals surface area contributed by atoms with Gasteiger partial charge in [-0.3, -0.25) is 0 Å². The minimum Gasteiger partial charge on any atom is -0.478 e. The van der Waals surface area contributed by atoms with Crippen molar-refractivity contribution in [3.05, 3.63) is 17.5 Å². The molecule has 1 aliphatic heterocycles. The topological polar surface area (TPSA) is 64.5 Å². The number of aromatic nitrogens is 2. The minimum absolute atomic E-state index is 0.177. The number of halogens is 1. The second-order valence-electron chi connectivity index (χ2n) is 6.98. The Bertz CT molecular complexity index is 548. The standard InChI is InChI=1S/C17H26ClN3O3/c1-17(2,3)24-16(22)21-11-5-4-7-13(21)8-6-12-23-14-9-10-19-15(18)20-14/h9-10,13H,4-8,11-12H2,1-3H3. The van der Waals surface area contributed by atoms with Crippen molar-refractivity contribution in [1.82, 2.24) is 14.9 Å². The summed E-state index contributed by atoms with van der Waals surface area (Å²) in [6.45, 7) is 6.98. The molecule has 2 heterocycles. The zero-order chi connectivity index (χ0) is 17.6. The number of hydrogen-bond acceptors (Lipinski definition) is 5. The lowest BCUT2D eigenvalue weighted by atomic mass is 9.98. The van der Waals surface area contributed by atoms with Crippen LogP contribution in [0.3, 0.4) is 0 Å². The Balaban J connectivity index is 1.79. The van der Waals surface area contributed by atoms with E-state index in [0.29, 0.717) is 12.5 Å². The van der Waals surface area contributed by atoms with E-state index < -0.39 is 5.60 Å². The fourth-order valence-electron chi connectivity index (χ4n) is 2.76. The maximum atomic E-state index is 12.4. The van der Waals surface area contributed by atoms with Gasteiger partial charge in [-0.25, -0.2) is 9.78 Å². The van der Waals surface area contributed by atoms with Crippen molar-refractivity contribution < 1.29 is 14.3 Å². The lowest BCUT2D eigenvalue weighted by Crippen LogP contribution is -2.46. The van der Waals surface area contributed by atoms with E-state index in [0.717, 1.165) is 38.6 Å². The summed E-state index contributed by atoms with van der Waals surface area (Å²) in [5, 5.41) is 0.177. The molecule has 1 aromatic heterocycles. The van der Waals surface area contributed by atoms with Crippen LogP contribution in [0, 0.1) is 0 Å². The molecule has 1 unspecified atom stereocenters. The Kier molecular flexibility index (Phi) is 6.66. The van der Waals surface area contributed by atoms with Crippen LogP contribution in [0.4, 0.5) is 4.79 Å². The van der Waals surface area contributed by atoms with Crippen LogP contribution in [0.2, 0.25) is 5.28 Å². The molecule has 1 aromatic rings. The summed E-state index contributed by atoms with van der Waals surface area (Å²) in [5.41, 5.74) is -0.464. The molecule has 7 heteroatoms. The van der Waals surface area contributed by atoms with Gasteiger partial charge in [0.25, 0.3) is 0 Å². The molecule has 0 bridgehead atoms. The van der Waals surface area contributed by atoms with Crippen LogP contribution in [-0.2, 0) is 4.74 Å². The number of amides is 1. The van der Waals surface area contributed by atoms with E-state index in [4.69, 9.17) is 21.1 Å². The van der Waals surface area contributed by atoms with E-state index in [-0.39, 0.29) is 17.4 Å². The maximum absolute atomic E-state index is 12.4. The predicted octanol–water partition coefficient (Wildman–Crippen LogP) is 4.08. The van der Waals surface area contributed by atoms with Crippen LogP contribution >= 0.6 is 11.6 Å². The Hall–Kier alpha value is -1.56. The van der Waals surface area contributed by atoms with Crippen LogP contribution in [0.25, 0.3) is 0 Å². The predicted molar refractivity (Wildman–Crippen MR) is 92.4 cm³/mol. The van der Waals surface area contributed by atoms with Crippen molar-refractivity contribution in [2.75, 3.05) is 13.2 Å². The minimum atomic E-state index is -0.464. The number of ether oxygens (including phenoxy) is 2. The molecule has 24 heavy (non-hydrogen) atoms. The van der Waals surface area contributed by atoms with Crippen LogP contribution in [0.1, 0.15) is 52.9 Å². The average Bonchev–Trinajstić information content (AvgIpc) is 2.50. The Morgan fingerprint density at radius 1 is 1.42 bits per heavy atom. The van der Waals surface area contributed by atoms with Crippen molar-refractivity contribution in [3.63, 3.8) is 0 Å². The molecule has 0 N–H and O–H groups in total. The molecule has 1 fully saturated rings. The molecule has 1 amide bonds. The van der Waals surface area contributed by atoms with Crippen LogP contribution in [0.15, 0.2) is 12.3 Å². The van der Waals surface area contributed by atoms with Crippen LogP contribution in [-0.4, -0.2) is 45.8 Å². The molecule has 134 valence electrons. The first-order valence-electron chi connectivity index (χ1n) is 8.46. The van der Waals surface area contributed by atoms with Gasteiger partial charge in [0.1, 0.15) is 5.60 Å². The van der Waals surface area contributed by atoms with Gasteiger partial charge >= 0.3 is 6.09 Å². The Labute approximate surface area is 148 Å². The van der Waals surface area contributed by atoms with E-state index in [1.54, 1.807) is 12.3 Å². The molecule has 1 aliphatic rings. The molecule has 0 aliphatic carbocycles. The number of rotatable bonds is 5. The molecule has 6 nitrogen and oxygen atoms in total. The van der Waals surface area contributed by atoms with Gasteiger partial charge in [0.15, 0.2) is 0 Å². The van der Waals surface area contributed by atoms with Gasteiger partial charge < -0.3 is 14.4 Å². The highest BCUT2D eigenvalue weighted by Gasteiger charge is 2.30. The summed E-state index contributed by atoms with van der Waals surface area (Å²) in [4.78, 5) is 22.0. The zero-order valence-electron chi connectivity index (χ0n) is 14.6. The highest BCUT2D eigenvalue weighted by atomic mass is 35.5. The van der Waals surface area contributed by atoms with Gasteiger partial charge in [-0.2, -0.15) is 4.98 Å². The van der Waals surface area contributed by atoms with Gasteiger partial charge in [-0.15, -0.1) is 0 Å². The quantitative estimate of drug-likeness (QED) is 0.588. The summed E-state index contributed by atoms with van der Waals surface area (Å²) in [6.07, 6.45) is 6.27. The summed E-state index contributed by atoms with van der Waals surface area (Å²) >= 11 is 5.73. The fourth-order valence-corrected chi connectivity index (χ4v) is 2.90. The van der Waals surface area contributed by atoms with E-state index in [1.165, 1.54) is 0 Å². The molecule has 0 spiro atoms.